The van der Waals surface area contributed by atoms with E-state index in [-0.39, 0.29) is 0 Å². The Balaban J connectivity index is 1.53. The standard InChI is InChI=1S/C14H18N4S/c1-2-4-11(3-1)9-15-12-5-7-13(8-6-12)19-14-16-10-17-18-14/h5-8,10-11,15H,1-4,9H2,(H,16,17,18). The van der Waals surface area contributed by atoms with Gasteiger partial charge in [0.1, 0.15) is 6.33 Å². The lowest BCUT2D eigenvalue weighted by Gasteiger charge is -2.11. The third-order valence-electron chi connectivity index (χ3n) is 3.53. The Kier molecular flexibility index (Phi) is 4.03. The molecule has 0 bridgehead atoms. The largest absolute Gasteiger partial charge is 0.385 e. The second-order valence-electron chi connectivity index (χ2n) is 4.95. The summed E-state index contributed by atoms with van der Waals surface area (Å²) in [7, 11) is 0. The molecule has 19 heavy (non-hydrogen) atoms. The molecule has 1 saturated carbocycles. The summed E-state index contributed by atoms with van der Waals surface area (Å²) in [6.07, 6.45) is 7.09. The molecular formula is C14H18N4S. The lowest BCUT2D eigenvalue weighted by molar-refractivity contribution is 0.580. The number of anilines is 1. The van der Waals surface area contributed by atoms with Gasteiger partial charge in [0.15, 0.2) is 5.16 Å². The second kappa shape index (κ2) is 6.10. The van der Waals surface area contributed by atoms with Gasteiger partial charge in [0.25, 0.3) is 0 Å². The Labute approximate surface area is 117 Å². The number of rotatable bonds is 5. The number of H-pyrrole nitrogens is 1. The Morgan fingerprint density at radius 1 is 1.21 bits per heavy atom. The van der Waals surface area contributed by atoms with E-state index in [1.165, 1.54) is 42.6 Å². The number of hydrogen-bond donors (Lipinski definition) is 2. The van der Waals surface area contributed by atoms with Crippen LogP contribution in [0.2, 0.25) is 0 Å². The van der Waals surface area contributed by atoms with Crippen molar-refractivity contribution in [2.24, 2.45) is 5.92 Å². The predicted molar refractivity (Wildman–Crippen MR) is 77.4 cm³/mol. The SMILES string of the molecule is c1n[nH]c(Sc2ccc(NCC3CCCC3)cc2)n1. The zero-order valence-corrected chi connectivity index (χ0v) is 11.6. The minimum Gasteiger partial charge on any atom is -0.385 e. The first-order valence-electron chi connectivity index (χ1n) is 6.77. The Morgan fingerprint density at radius 3 is 2.68 bits per heavy atom. The molecule has 0 amide bonds. The molecule has 1 aliphatic carbocycles. The maximum absolute atomic E-state index is 4.10. The summed E-state index contributed by atoms with van der Waals surface area (Å²) in [6.45, 7) is 1.11. The van der Waals surface area contributed by atoms with Crippen molar-refractivity contribution in [2.45, 2.75) is 35.7 Å². The summed E-state index contributed by atoms with van der Waals surface area (Å²) >= 11 is 1.59. The van der Waals surface area contributed by atoms with Crippen LogP contribution >= 0.6 is 11.8 Å². The van der Waals surface area contributed by atoms with Crippen molar-refractivity contribution in [1.29, 1.82) is 0 Å². The highest BCUT2D eigenvalue weighted by Gasteiger charge is 2.14. The van der Waals surface area contributed by atoms with Gasteiger partial charge in [-0.05, 0) is 43.0 Å². The Hall–Kier alpha value is -1.49. The van der Waals surface area contributed by atoms with Gasteiger partial charge in [-0.1, -0.05) is 24.6 Å². The van der Waals surface area contributed by atoms with Crippen molar-refractivity contribution in [3.05, 3.63) is 30.6 Å². The van der Waals surface area contributed by atoms with Crippen LogP contribution in [-0.4, -0.2) is 21.7 Å². The average Bonchev–Trinajstić information content (AvgIpc) is 3.11. The molecule has 0 unspecified atom stereocenters. The topological polar surface area (TPSA) is 53.6 Å². The molecule has 1 fully saturated rings. The molecule has 1 aromatic carbocycles. The third-order valence-corrected chi connectivity index (χ3v) is 4.43. The second-order valence-corrected chi connectivity index (χ2v) is 6.01. The van der Waals surface area contributed by atoms with E-state index in [0.717, 1.165) is 17.6 Å². The van der Waals surface area contributed by atoms with Gasteiger partial charge in [-0.15, -0.1) is 0 Å². The monoisotopic (exact) mass is 274 g/mol. The average molecular weight is 274 g/mol. The highest BCUT2D eigenvalue weighted by molar-refractivity contribution is 7.99. The highest BCUT2D eigenvalue weighted by Crippen LogP contribution is 2.27. The molecule has 1 aromatic heterocycles. The molecule has 0 atom stereocenters. The predicted octanol–water partition coefficient (Wildman–Crippen LogP) is 3.56. The number of nitrogens with one attached hydrogen (secondary N) is 2. The smallest absolute Gasteiger partial charge is 0.188 e. The number of hydrogen-bond acceptors (Lipinski definition) is 4. The van der Waals surface area contributed by atoms with Crippen LogP contribution in [0.1, 0.15) is 25.7 Å². The molecular weight excluding hydrogens is 256 g/mol. The van der Waals surface area contributed by atoms with Crippen molar-refractivity contribution in [3.8, 4) is 0 Å². The van der Waals surface area contributed by atoms with Crippen LogP contribution in [0.25, 0.3) is 0 Å². The molecule has 0 spiro atoms. The summed E-state index contributed by atoms with van der Waals surface area (Å²) in [4.78, 5) is 5.27. The molecule has 1 heterocycles. The number of aromatic nitrogens is 3. The van der Waals surface area contributed by atoms with E-state index in [1.807, 2.05) is 0 Å². The lowest BCUT2D eigenvalue weighted by atomic mass is 10.1. The summed E-state index contributed by atoms with van der Waals surface area (Å²) in [5, 5.41) is 11.0. The fraction of sp³-hybridized carbons (Fsp3) is 0.429. The molecule has 0 aliphatic heterocycles. The Morgan fingerprint density at radius 2 is 2.00 bits per heavy atom. The van der Waals surface area contributed by atoms with E-state index >= 15 is 0 Å². The van der Waals surface area contributed by atoms with Crippen LogP contribution in [-0.2, 0) is 0 Å². The van der Waals surface area contributed by atoms with Crippen molar-refractivity contribution >= 4 is 17.4 Å². The van der Waals surface area contributed by atoms with Gasteiger partial charge in [0.05, 0.1) is 0 Å². The first kappa shape index (κ1) is 12.5. The van der Waals surface area contributed by atoms with E-state index in [1.54, 1.807) is 11.8 Å². The summed E-state index contributed by atoms with van der Waals surface area (Å²) in [5.41, 5.74) is 1.20. The van der Waals surface area contributed by atoms with Crippen LogP contribution in [0.4, 0.5) is 5.69 Å². The highest BCUT2D eigenvalue weighted by atomic mass is 32.2. The van der Waals surface area contributed by atoms with E-state index in [4.69, 9.17) is 0 Å². The van der Waals surface area contributed by atoms with Gasteiger partial charge < -0.3 is 5.32 Å². The van der Waals surface area contributed by atoms with Crippen molar-refractivity contribution in [3.63, 3.8) is 0 Å². The maximum atomic E-state index is 4.10. The summed E-state index contributed by atoms with van der Waals surface area (Å²) in [5.74, 6) is 0.864. The molecule has 0 radical (unpaired) electrons. The van der Waals surface area contributed by atoms with Gasteiger partial charge in [0, 0.05) is 17.1 Å². The molecule has 2 N–H and O–H groups in total. The zero-order valence-electron chi connectivity index (χ0n) is 10.8. The maximum Gasteiger partial charge on any atom is 0.188 e. The minimum absolute atomic E-state index is 0.826. The first-order valence-corrected chi connectivity index (χ1v) is 7.59. The Bertz CT molecular complexity index is 489. The van der Waals surface area contributed by atoms with E-state index in [0.29, 0.717) is 0 Å². The number of benzene rings is 1. The number of aromatic amines is 1. The molecule has 100 valence electrons. The summed E-state index contributed by atoms with van der Waals surface area (Å²) < 4.78 is 0. The summed E-state index contributed by atoms with van der Waals surface area (Å²) in [6, 6.07) is 8.50. The van der Waals surface area contributed by atoms with Crippen molar-refractivity contribution < 1.29 is 0 Å². The van der Waals surface area contributed by atoms with E-state index in [9.17, 15) is 0 Å². The van der Waals surface area contributed by atoms with Gasteiger partial charge >= 0.3 is 0 Å². The van der Waals surface area contributed by atoms with Crippen LogP contribution in [0.3, 0.4) is 0 Å². The molecule has 4 nitrogen and oxygen atoms in total. The molecule has 3 rings (SSSR count). The molecule has 0 saturated heterocycles. The van der Waals surface area contributed by atoms with Crippen molar-refractivity contribution in [1.82, 2.24) is 15.2 Å². The molecule has 5 heteroatoms. The van der Waals surface area contributed by atoms with Gasteiger partial charge in [-0.2, -0.15) is 5.10 Å². The van der Waals surface area contributed by atoms with Gasteiger partial charge in [0.2, 0.25) is 0 Å². The van der Waals surface area contributed by atoms with Crippen LogP contribution in [0.15, 0.2) is 40.6 Å². The fourth-order valence-corrected chi connectivity index (χ4v) is 3.17. The quantitative estimate of drug-likeness (QED) is 0.875. The van der Waals surface area contributed by atoms with Crippen LogP contribution in [0, 0.1) is 5.92 Å². The lowest BCUT2D eigenvalue weighted by Crippen LogP contribution is -2.10. The van der Waals surface area contributed by atoms with Gasteiger partial charge in [-0.3, -0.25) is 5.10 Å². The minimum atomic E-state index is 0.826. The third kappa shape index (κ3) is 3.50. The van der Waals surface area contributed by atoms with E-state index in [2.05, 4.69) is 44.8 Å². The first-order chi connectivity index (χ1) is 9.40. The fourth-order valence-electron chi connectivity index (χ4n) is 2.47. The van der Waals surface area contributed by atoms with Crippen LogP contribution in [0.5, 0.6) is 0 Å². The zero-order chi connectivity index (χ0) is 12.9. The van der Waals surface area contributed by atoms with Gasteiger partial charge in [-0.25, -0.2) is 4.98 Å². The van der Waals surface area contributed by atoms with E-state index < -0.39 is 0 Å². The molecule has 2 aromatic rings. The molecule has 1 aliphatic rings. The normalized spacial score (nSPS) is 15.8. The number of nitrogens with zero attached hydrogens (tertiary/aromatic N) is 2. The van der Waals surface area contributed by atoms with Crippen molar-refractivity contribution in [2.75, 3.05) is 11.9 Å². The van der Waals surface area contributed by atoms with Crippen LogP contribution < -0.4 is 5.32 Å².